The third kappa shape index (κ3) is 10.4. The minimum atomic E-state index is -2.58. The largest absolute Gasteiger partial charge is 0.494 e. The van der Waals surface area contributed by atoms with Gasteiger partial charge < -0.3 is 40.8 Å². The molecule has 2 fully saturated rings. The Morgan fingerprint density at radius 2 is 1.63 bits per heavy atom. The van der Waals surface area contributed by atoms with E-state index in [1.54, 1.807) is 32.6 Å². The molecule has 1 atom stereocenters. The Balaban J connectivity index is 0.835. The number of methoxy groups -OCH3 is 1. The smallest absolute Gasteiger partial charge is 0.264 e. The van der Waals surface area contributed by atoms with Crippen LogP contribution in [0.25, 0.3) is 0 Å². The van der Waals surface area contributed by atoms with Crippen molar-refractivity contribution in [2.45, 2.75) is 50.6 Å². The molecule has 18 nitrogen and oxygen atoms in total. The van der Waals surface area contributed by atoms with Gasteiger partial charge >= 0.3 is 0 Å². The topological polar surface area (TPSA) is 233 Å². The zero-order chi connectivity index (χ0) is 44.8. The number of imide groups is 2. The van der Waals surface area contributed by atoms with Crippen LogP contribution in [0.4, 0.5) is 34.5 Å². The van der Waals surface area contributed by atoms with Crippen molar-refractivity contribution in [1.82, 2.24) is 30.8 Å². The first kappa shape index (κ1) is 44.5. The molecule has 1 unspecified atom stereocenters. The third-order valence-corrected chi connectivity index (χ3v) is 12.8. The second kappa shape index (κ2) is 19.3. The first-order valence-electron chi connectivity index (χ1n) is 20.5. The van der Waals surface area contributed by atoms with E-state index in [0.717, 1.165) is 10.6 Å². The van der Waals surface area contributed by atoms with E-state index >= 15 is 0 Å². The van der Waals surface area contributed by atoms with Crippen molar-refractivity contribution < 1.29 is 38.1 Å². The highest BCUT2D eigenvalue weighted by molar-refractivity contribution is 7.70. The number of nitrogens with one attached hydrogen (secondary N) is 6. The van der Waals surface area contributed by atoms with Crippen molar-refractivity contribution in [2.24, 2.45) is 0 Å². The second-order valence-electron chi connectivity index (χ2n) is 15.7. The monoisotopic (exact) mass is 898 g/mol. The zero-order valence-electron chi connectivity index (χ0n) is 35.0. The highest BCUT2D eigenvalue weighted by Crippen LogP contribution is 2.39. The van der Waals surface area contributed by atoms with Gasteiger partial charge in [0.2, 0.25) is 29.6 Å². The second-order valence-corrected chi connectivity index (χ2v) is 19.3. The van der Waals surface area contributed by atoms with Crippen LogP contribution in [0.5, 0.6) is 5.75 Å². The lowest BCUT2D eigenvalue weighted by molar-refractivity contribution is -0.136. The van der Waals surface area contributed by atoms with Gasteiger partial charge in [-0.05, 0) is 69.0 Å². The fourth-order valence-electron chi connectivity index (χ4n) is 7.75. The number of amides is 6. The Hall–Kier alpha value is -6.52. The molecule has 0 bridgehead atoms. The molecule has 2 saturated heterocycles. The van der Waals surface area contributed by atoms with Crippen LogP contribution in [0.1, 0.15) is 59.2 Å². The van der Waals surface area contributed by atoms with E-state index in [2.05, 4.69) is 46.8 Å². The molecule has 330 valence electrons. The number of nitrogens with zero attached hydrogens (tertiary/aromatic N) is 4. The molecule has 1 aromatic heterocycles. The summed E-state index contributed by atoms with van der Waals surface area (Å²) in [7, 11) is -1.00. The maximum absolute atomic E-state index is 13.3. The summed E-state index contributed by atoms with van der Waals surface area (Å²) in [5, 5.41) is 18.5. The molecular weight excluding hydrogens is 851 g/mol. The van der Waals surface area contributed by atoms with E-state index in [1.807, 2.05) is 42.5 Å². The van der Waals surface area contributed by atoms with Crippen LogP contribution in [0.15, 0.2) is 66.9 Å². The molecule has 6 amide bonds. The molecule has 3 aromatic carbocycles. The highest BCUT2D eigenvalue weighted by atomic mass is 35.5. The number of halogens is 1. The molecule has 63 heavy (non-hydrogen) atoms. The van der Waals surface area contributed by atoms with Gasteiger partial charge in [-0.15, -0.1) is 0 Å². The quantitative estimate of drug-likeness (QED) is 0.0521. The summed E-state index contributed by atoms with van der Waals surface area (Å²) in [6, 6.07) is 16.7. The summed E-state index contributed by atoms with van der Waals surface area (Å²) in [6.45, 7) is 5.20. The molecule has 0 spiro atoms. The minimum Gasteiger partial charge on any atom is -0.494 e. The standard InChI is InChI=1S/C43H48ClN10O8P/c1-62-33-23-26(11-12-29(33)50-43-47-24-28(44)39(52-43)49-30-8-4-5-10-34(30)63(2,3)61)53-21-17-25(18-22-53)48-36(56)16-15-35(55)46-20-19-45-31-9-6-7-27-38(31)42(60)54(41(27)59)32-13-14-37(57)51-40(32)58/h4-12,23-25,32,45H,13-22H2,1-3H3,(H,46,55)(H,48,56)(H,51,57,58)(H2,47,49,50,52). The lowest BCUT2D eigenvalue weighted by Gasteiger charge is -2.34. The Morgan fingerprint density at radius 3 is 2.38 bits per heavy atom. The Morgan fingerprint density at radius 1 is 0.889 bits per heavy atom. The molecule has 0 radical (unpaired) electrons. The number of aromatic nitrogens is 2. The van der Waals surface area contributed by atoms with E-state index in [1.165, 1.54) is 12.3 Å². The number of hydrogen-bond acceptors (Lipinski definition) is 14. The van der Waals surface area contributed by atoms with Gasteiger partial charge in [0.05, 0.1) is 35.8 Å². The predicted molar refractivity (Wildman–Crippen MR) is 239 cm³/mol. The number of para-hydroxylation sites is 1. The number of carbonyl (C=O) groups is 6. The number of anilines is 6. The van der Waals surface area contributed by atoms with Crippen molar-refractivity contribution in [3.8, 4) is 5.75 Å². The van der Waals surface area contributed by atoms with Gasteiger partial charge in [0.15, 0.2) is 5.82 Å². The van der Waals surface area contributed by atoms with E-state index in [4.69, 9.17) is 16.3 Å². The van der Waals surface area contributed by atoms with Crippen molar-refractivity contribution in [2.75, 3.05) is 67.5 Å². The zero-order valence-corrected chi connectivity index (χ0v) is 36.6. The van der Waals surface area contributed by atoms with Gasteiger partial charge in [0.25, 0.3) is 11.8 Å². The summed E-state index contributed by atoms with van der Waals surface area (Å²) in [5.74, 6) is -1.69. The van der Waals surface area contributed by atoms with Crippen LogP contribution in [0.2, 0.25) is 5.02 Å². The fourth-order valence-corrected chi connectivity index (χ4v) is 9.04. The number of ether oxygens (including phenoxy) is 1. The summed E-state index contributed by atoms with van der Waals surface area (Å²) >= 11 is 6.44. The average molecular weight is 899 g/mol. The van der Waals surface area contributed by atoms with E-state index < -0.39 is 36.8 Å². The molecular formula is C43H48ClN10O8P. The minimum absolute atomic E-state index is 0.00672. The number of hydrogen-bond donors (Lipinski definition) is 6. The van der Waals surface area contributed by atoms with Crippen LogP contribution in [-0.2, 0) is 23.7 Å². The Labute approximate surface area is 368 Å². The molecule has 0 saturated carbocycles. The van der Waals surface area contributed by atoms with Gasteiger partial charge in [0, 0.05) is 74.2 Å². The molecule has 7 rings (SSSR count). The lowest BCUT2D eigenvalue weighted by atomic mass is 10.0. The van der Waals surface area contributed by atoms with Gasteiger partial charge in [0.1, 0.15) is 24.0 Å². The Kier molecular flexibility index (Phi) is 13.6. The normalized spacial score (nSPS) is 16.6. The van der Waals surface area contributed by atoms with Crippen LogP contribution < -0.4 is 46.8 Å². The summed E-state index contributed by atoms with van der Waals surface area (Å²) in [6.07, 6.45) is 2.99. The van der Waals surface area contributed by atoms with E-state index in [-0.39, 0.29) is 73.7 Å². The molecule has 6 N–H and O–H groups in total. The molecule has 4 heterocycles. The van der Waals surface area contributed by atoms with Crippen molar-refractivity contribution in [1.29, 1.82) is 0 Å². The molecule has 3 aliphatic heterocycles. The lowest BCUT2D eigenvalue weighted by Crippen LogP contribution is -2.54. The molecule has 3 aliphatic rings. The SMILES string of the molecule is COc1cc(N2CCC(NC(=O)CCC(=O)NCCNc3cccc4c3C(=O)N(C3CCC(=O)NC3=O)C4=O)CC2)ccc1Nc1ncc(Cl)c(Nc2ccccc2P(C)(C)=O)n1. The van der Waals surface area contributed by atoms with Gasteiger partial charge in [-0.25, -0.2) is 4.98 Å². The first-order valence-corrected chi connectivity index (χ1v) is 23.5. The maximum Gasteiger partial charge on any atom is 0.264 e. The fraction of sp³-hybridized carbons (Fsp3) is 0.349. The number of rotatable bonds is 16. The van der Waals surface area contributed by atoms with Crippen molar-refractivity contribution in [3.63, 3.8) is 0 Å². The van der Waals surface area contributed by atoms with Crippen LogP contribution in [-0.4, -0.2) is 109 Å². The third-order valence-electron chi connectivity index (χ3n) is 10.9. The van der Waals surface area contributed by atoms with Gasteiger partial charge in [-0.3, -0.25) is 39.0 Å². The molecule has 0 aliphatic carbocycles. The summed E-state index contributed by atoms with van der Waals surface area (Å²) in [5.41, 5.74) is 2.89. The number of benzene rings is 3. The van der Waals surface area contributed by atoms with E-state index in [9.17, 15) is 33.3 Å². The summed E-state index contributed by atoms with van der Waals surface area (Å²) in [4.78, 5) is 87.8. The predicted octanol–water partition coefficient (Wildman–Crippen LogP) is 4.37. The highest BCUT2D eigenvalue weighted by Gasteiger charge is 2.45. The molecule has 20 heteroatoms. The van der Waals surface area contributed by atoms with Crippen LogP contribution in [0, 0.1) is 0 Å². The summed E-state index contributed by atoms with van der Waals surface area (Å²) < 4.78 is 18.6. The number of piperidine rings is 2. The van der Waals surface area contributed by atoms with Crippen molar-refractivity contribution in [3.05, 3.63) is 83.0 Å². The number of carbonyl (C=O) groups excluding carboxylic acids is 6. The van der Waals surface area contributed by atoms with Crippen LogP contribution >= 0.6 is 18.7 Å². The van der Waals surface area contributed by atoms with E-state index in [0.29, 0.717) is 64.9 Å². The number of fused-ring (bicyclic) bond motifs is 1. The Bertz CT molecular complexity index is 2510. The van der Waals surface area contributed by atoms with Crippen LogP contribution in [0.3, 0.4) is 0 Å². The van der Waals surface area contributed by atoms with Gasteiger partial charge in [-0.2, -0.15) is 4.98 Å². The maximum atomic E-state index is 13.3. The van der Waals surface area contributed by atoms with Gasteiger partial charge in [-0.1, -0.05) is 29.8 Å². The average Bonchev–Trinajstić information content (AvgIpc) is 3.51. The molecule has 4 aromatic rings. The van der Waals surface area contributed by atoms with Crippen molar-refractivity contribution >= 4 is 94.0 Å². The first-order chi connectivity index (χ1) is 30.2.